The molecular formula is C26H39N3O3. The van der Waals surface area contributed by atoms with E-state index in [0.29, 0.717) is 28.7 Å². The molecule has 5 rings (SSSR count). The maximum atomic E-state index is 13.4. The number of rotatable bonds is 4. The minimum Gasteiger partial charge on any atom is -0.390 e. The third-order valence-electron chi connectivity index (χ3n) is 10.6. The molecule has 0 saturated heterocycles. The zero-order valence-electron chi connectivity index (χ0n) is 19.8. The zero-order valence-corrected chi connectivity index (χ0v) is 19.8. The molecule has 32 heavy (non-hydrogen) atoms. The van der Waals surface area contributed by atoms with E-state index in [4.69, 9.17) is 5.73 Å². The van der Waals surface area contributed by atoms with Crippen molar-refractivity contribution in [2.24, 2.45) is 46.2 Å². The maximum absolute atomic E-state index is 13.4. The van der Waals surface area contributed by atoms with Crippen molar-refractivity contribution in [2.45, 2.75) is 90.7 Å². The van der Waals surface area contributed by atoms with Crippen molar-refractivity contribution in [3.63, 3.8) is 0 Å². The summed E-state index contributed by atoms with van der Waals surface area (Å²) in [5, 5.41) is 14.9. The van der Waals surface area contributed by atoms with E-state index in [1.807, 2.05) is 6.92 Å². The quantitative estimate of drug-likeness (QED) is 0.739. The molecule has 1 heterocycles. The summed E-state index contributed by atoms with van der Waals surface area (Å²) in [5.41, 5.74) is 5.60. The third-order valence-corrected chi connectivity index (χ3v) is 10.6. The largest absolute Gasteiger partial charge is 0.390 e. The zero-order chi connectivity index (χ0) is 22.9. The van der Waals surface area contributed by atoms with Crippen LogP contribution < -0.4 is 5.73 Å². The minimum absolute atomic E-state index is 0.0707. The number of nitrogens with zero attached hydrogens (tertiary/aromatic N) is 2. The van der Waals surface area contributed by atoms with E-state index < -0.39 is 11.5 Å². The summed E-state index contributed by atoms with van der Waals surface area (Å²) in [6, 6.07) is 0. The average Bonchev–Trinajstić information content (AvgIpc) is 3.32. The fraction of sp³-hybridized carbons (Fsp3) is 0.808. The Morgan fingerprint density at radius 1 is 1.06 bits per heavy atom. The summed E-state index contributed by atoms with van der Waals surface area (Å²) >= 11 is 0. The van der Waals surface area contributed by atoms with Crippen LogP contribution in [0.1, 0.15) is 88.9 Å². The second kappa shape index (κ2) is 7.41. The van der Waals surface area contributed by atoms with Crippen LogP contribution in [0, 0.1) is 40.4 Å². The summed E-state index contributed by atoms with van der Waals surface area (Å²) in [4.78, 5) is 24.7. The number of fused-ring (bicyclic) bond motifs is 5. The fourth-order valence-corrected chi connectivity index (χ4v) is 8.81. The van der Waals surface area contributed by atoms with Crippen LogP contribution in [0.3, 0.4) is 0 Å². The van der Waals surface area contributed by atoms with E-state index in [9.17, 15) is 14.7 Å². The van der Waals surface area contributed by atoms with E-state index in [1.54, 1.807) is 10.9 Å². The molecule has 4 aliphatic rings. The molecule has 6 heteroatoms. The Morgan fingerprint density at radius 2 is 1.81 bits per heavy atom. The van der Waals surface area contributed by atoms with Crippen LogP contribution in [-0.2, 0) is 11.3 Å². The highest BCUT2D eigenvalue weighted by Gasteiger charge is 2.61. The predicted molar refractivity (Wildman–Crippen MR) is 122 cm³/mol. The van der Waals surface area contributed by atoms with Gasteiger partial charge in [0.15, 0.2) is 5.78 Å². The number of amides is 1. The molecule has 0 unspecified atom stereocenters. The van der Waals surface area contributed by atoms with Crippen LogP contribution in [0.25, 0.3) is 0 Å². The van der Waals surface area contributed by atoms with Gasteiger partial charge < -0.3 is 10.8 Å². The molecule has 4 saturated carbocycles. The van der Waals surface area contributed by atoms with Crippen LogP contribution >= 0.6 is 0 Å². The smallest absolute Gasteiger partial charge is 0.251 e. The highest BCUT2D eigenvalue weighted by Crippen LogP contribution is 2.68. The van der Waals surface area contributed by atoms with E-state index in [2.05, 4.69) is 18.9 Å². The summed E-state index contributed by atoms with van der Waals surface area (Å²) in [6.45, 7) is 7.14. The van der Waals surface area contributed by atoms with Gasteiger partial charge >= 0.3 is 0 Å². The first-order valence-electron chi connectivity index (χ1n) is 12.6. The van der Waals surface area contributed by atoms with Crippen LogP contribution in [0.2, 0.25) is 0 Å². The molecule has 4 fully saturated rings. The maximum Gasteiger partial charge on any atom is 0.251 e. The Kier molecular flexibility index (Phi) is 5.12. The lowest BCUT2D eigenvalue weighted by atomic mass is 9.44. The van der Waals surface area contributed by atoms with Gasteiger partial charge in [0.25, 0.3) is 5.91 Å². The van der Waals surface area contributed by atoms with Crippen LogP contribution in [0.5, 0.6) is 0 Å². The number of aromatic nitrogens is 2. The summed E-state index contributed by atoms with van der Waals surface area (Å²) in [6.07, 6.45) is 13.0. The first-order valence-corrected chi connectivity index (χ1v) is 12.6. The Bertz CT molecular complexity index is 923. The molecule has 0 bridgehead atoms. The van der Waals surface area contributed by atoms with Gasteiger partial charge in [-0.3, -0.25) is 14.3 Å². The monoisotopic (exact) mass is 441 g/mol. The molecule has 4 aliphatic carbocycles. The van der Waals surface area contributed by atoms with E-state index in [0.717, 1.165) is 44.4 Å². The first kappa shape index (κ1) is 22.1. The lowest BCUT2D eigenvalue weighted by Crippen LogP contribution is -2.55. The average molecular weight is 442 g/mol. The fourth-order valence-electron chi connectivity index (χ4n) is 8.81. The predicted octanol–water partition coefficient (Wildman–Crippen LogP) is 3.96. The number of Topliss-reactive ketones (excluding diaryl/α,β-unsaturated/α-hetero) is 1. The van der Waals surface area contributed by atoms with Crippen molar-refractivity contribution in [1.29, 1.82) is 0 Å². The van der Waals surface area contributed by atoms with Gasteiger partial charge in [-0.05, 0) is 99.2 Å². The van der Waals surface area contributed by atoms with E-state index in [-0.39, 0.29) is 23.7 Å². The Morgan fingerprint density at radius 3 is 2.53 bits per heavy atom. The van der Waals surface area contributed by atoms with Crippen molar-refractivity contribution in [1.82, 2.24) is 9.78 Å². The third kappa shape index (κ3) is 3.36. The second-order valence-corrected chi connectivity index (χ2v) is 12.3. The van der Waals surface area contributed by atoms with Gasteiger partial charge in [-0.2, -0.15) is 5.10 Å². The number of carbonyl (C=O) groups is 2. The molecule has 0 aromatic carbocycles. The lowest BCUT2D eigenvalue weighted by molar-refractivity contribution is -0.151. The molecule has 6 nitrogen and oxygen atoms in total. The molecular weight excluding hydrogens is 402 g/mol. The Hall–Kier alpha value is -1.69. The van der Waals surface area contributed by atoms with Crippen LogP contribution in [-0.4, -0.2) is 32.2 Å². The molecule has 0 spiro atoms. The Balaban J connectivity index is 1.32. The molecule has 1 aromatic rings. The number of carbonyl (C=O) groups excluding carboxylic acids is 2. The van der Waals surface area contributed by atoms with Gasteiger partial charge in [0.05, 0.1) is 23.9 Å². The van der Waals surface area contributed by atoms with Crippen LogP contribution in [0.4, 0.5) is 0 Å². The van der Waals surface area contributed by atoms with Crippen molar-refractivity contribution >= 4 is 11.7 Å². The van der Waals surface area contributed by atoms with Gasteiger partial charge in [0.1, 0.15) is 0 Å². The number of primary amides is 1. The van der Waals surface area contributed by atoms with Crippen molar-refractivity contribution in [3.05, 3.63) is 18.0 Å². The Labute approximate surface area is 191 Å². The highest BCUT2D eigenvalue weighted by molar-refractivity contribution is 5.92. The topological polar surface area (TPSA) is 98.2 Å². The number of ketones is 1. The first-order chi connectivity index (χ1) is 15.0. The molecule has 1 aromatic heterocycles. The van der Waals surface area contributed by atoms with Crippen LogP contribution in [0.15, 0.2) is 12.4 Å². The van der Waals surface area contributed by atoms with Gasteiger partial charge in [-0.15, -0.1) is 0 Å². The van der Waals surface area contributed by atoms with Gasteiger partial charge in [0.2, 0.25) is 0 Å². The standard InChI is InChI=1S/C26H39N3O3/c1-24(32)10-11-25(2)17(12-24)4-5-18-19-6-7-21(26(19,3)9-8-20(18)25)22(30)15-29-14-16(13-28-29)23(27)31/h13-14,17-21,32H,4-12,15H2,1-3H3,(H2,27,31)/t17-,18+,19+,20+,21-,24-,25+,26+/m1/s1. The molecule has 0 radical (unpaired) electrons. The van der Waals surface area contributed by atoms with E-state index >= 15 is 0 Å². The number of aliphatic hydroxyl groups is 1. The number of hydrogen-bond acceptors (Lipinski definition) is 4. The second-order valence-electron chi connectivity index (χ2n) is 12.3. The normalized spacial score (nSPS) is 45.6. The minimum atomic E-state index is -0.511. The molecule has 8 atom stereocenters. The number of nitrogens with two attached hydrogens (primary N) is 1. The summed E-state index contributed by atoms with van der Waals surface area (Å²) < 4.78 is 1.57. The van der Waals surface area contributed by atoms with Crippen molar-refractivity contribution in [3.8, 4) is 0 Å². The van der Waals surface area contributed by atoms with Crippen molar-refractivity contribution in [2.75, 3.05) is 0 Å². The molecule has 0 aliphatic heterocycles. The lowest BCUT2D eigenvalue weighted by Gasteiger charge is -2.61. The van der Waals surface area contributed by atoms with Gasteiger partial charge in [0, 0.05) is 12.1 Å². The summed E-state index contributed by atoms with van der Waals surface area (Å²) in [7, 11) is 0. The highest BCUT2D eigenvalue weighted by atomic mass is 16.3. The van der Waals surface area contributed by atoms with Gasteiger partial charge in [-0.25, -0.2) is 0 Å². The number of hydrogen-bond donors (Lipinski definition) is 2. The molecule has 176 valence electrons. The SMILES string of the molecule is C[C@@]1(O)CC[C@@]2(C)[C@H](CC[C@@H]3[C@@H]2CC[C@]2(C)[C@@H](C(=O)Cn4cc(C(N)=O)cn4)CC[C@@H]32)C1. The summed E-state index contributed by atoms with van der Waals surface area (Å²) in [5.74, 6) is 2.51. The van der Waals surface area contributed by atoms with Gasteiger partial charge in [-0.1, -0.05) is 13.8 Å². The molecule has 3 N–H and O–H groups in total. The van der Waals surface area contributed by atoms with E-state index in [1.165, 1.54) is 25.5 Å². The van der Waals surface area contributed by atoms with Crippen molar-refractivity contribution < 1.29 is 14.7 Å². The molecule has 1 amide bonds.